The van der Waals surface area contributed by atoms with Crippen LogP contribution in [-0.4, -0.2) is 19.7 Å². The Morgan fingerprint density at radius 2 is 2.29 bits per heavy atom. The quantitative estimate of drug-likeness (QED) is 0.574. The van der Waals surface area contributed by atoms with E-state index in [4.69, 9.17) is 5.84 Å². The van der Waals surface area contributed by atoms with E-state index in [2.05, 4.69) is 20.5 Å². The van der Waals surface area contributed by atoms with Crippen molar-refractivity contribution >= 4 is 0 Å². The molecule has 2 aromatic rings. The molecule has 90 valence electrons. The van der Waals surface area contributed by atoms with Gasteiger partial charge in [-0.3, -0.25) is 25.9 Å². The second kappa shape index (κ2) is 5.51. The van der Waals surface area contributed by atoms with Gasteiger partial charge in [0.05, 0.1) is 17.9 Å². The fraction of sp³-hybridized carbons (Fsp3) is 0.364. The summed E-state index contributed by atoms with van der Waals surface area (Å²) in [5.74, 6) is 5.54. The predicted molar refractivity (Wildman–Crippen MR) is 63.6 cm³/mol. The maximum Gasteiger partial charge on any atom is 0.0769 e. The highest BCUT2D eigenvalue weighted by Gasteiger charge is 2.12. The van der Waals surface area contributed by atoms with E-state index in [0.29, 0.717) is 0 Å². The van der Waals surface area contributed by atoms with Crippen molar-refractivity contribution in [2.45, 2.75) is 18.9 Å². The molecule has 0 spiro atoms. The largest absolute Gasteiger partial charge is 0.273 e. The molecular weight excluding hydrogens is 216 g/mol. The third kappa shape index (κ3) is 2.86. The number of aromatic nitrogens is 4. The van der Waals surface area contributed by atoms with Gasteiger partial charge < -0.3 is 0 Å². The molecule has 2 heterocycles. The monoisotopic (exact) mass is 232 g/mol. The van der Waals surface area contributed by atoms with E-state index in [0.717, 1.165) is 18.5 Å². The van der Waals surface area contributed by atoms with E-state index in [9.17, 15) is 0 Å². The van der Waals surface area contributed by atoms with Crippen molar-refractivity contribution in [1.82, 2.24) is 25.2 Å². The van der Waals surface area contributed by atoms with Gasteiger partial charge in [0, 0.05) is 31.3 Å². The van der Waals surface area contributed by atoms with Crippen LogP contribution >= 0.6 is 0 Å². The highest BCUT2D eigenvalue weighted by atomic mass is 15.3. The second-order valence-electron chi connectivity index (χ2n) is 3.83. The summed E-state index contributed by atoms with van der Waals surface area (Å²) in [6.45, 7) is 0. The Morgan fingerprint density at radius 1 is 1.41 bits per heavy atom. The first-order chi connectivity index (χ1) is 8.31. The van der Waals surface area contributed by atoms with Crippen molar-refractivity contribution < 1.29 is 0 Å². The number of hydrazine groups is 1. The van der Waals surface area contributed by atoms with Crippen LogP contribution in [-0.2, 0) is 13.5 Å². The van der Waals surface area contributed by atoms with Crippen molar-refractivity contribution in [3.63, 3.8) is 0 Å². The normalized spacial score (nSPS) is 12.6. The van der Waals surface area contributed by atoms with E-state index in [1.165, 1.54) is 5.69 Å². The van der Waals surface area contributed by atoms with Gasteiger partial charge >= 0.3 is 0 Å². The van der Waals surface area contributed by atoms with Gasteiger partial charge in [-0.1, -0.05) is 0 Å². The number of rotatable bonds is 5. The van der Waals surface area contributed by atoms with Gasteiger partial charge in [0.15, 0.2) is 0 Å². The smallest absolute Gasteiger partial charge is 0.0769 e. The van der Waals surface area contributed by atoms with Crippen LogP contribution in [0.1, 0.15) is 23.9 Å². The molecule has 0 aliphatic carbocycles. The Labute approximate surface area is 99.9 Å². The first kappa shape index (κ1) is 11.7. The van der Waals surface area contributed by atoms with Gasteiger partial charge in [-0.25, -0.2) is 0 Å². The Balaban J connectivity index is 1.99. The van der Waals surface area contributed by atoms with E-state index < -0.39 is 0 Å². The van der Waals surface area contributed by atoms with E-state index in [1.54, 1.807) is 24.8 Å². The lowest BCUT2D eigenvalue weighted by molar-refractivity contribution is 0.494. The minimum absolute atomic E-state index is 0.0126. The molecule has 3 N–H and O–H groups in total. The lowest BCUT2D eigenvalue weighted by atomic mass is 10.1. The highest BCUT2D eigenvalue weighted by molar-refractivity contribution is 5.05. The molecule has 0 fully saturated rings. The van der Waals surface area contributed by atoms with Crippen molar-refractivity contribution in [2.75, 3.05) is 0 Å². The summed E-state index contributed by atoms with van der Waals surface area (Å²) in [4.78, 5) is 8.29. The second-order valence-corrected chi connectivity index (χ2v) is 3.83. The molecule has 0 aromatic carbocycles. The fourth-order valence-electron chi connectivity index (χ4n) is 1.75. The van der Waals surface area contributed by atoms with E-state index in [1.807, 2.05) is 17.8 Å². The van der Waals surface area contributed by atoms with E-state index in [-0.39, 0.29) is 6.04 Å². The number of hydrogen-bond donors (Lipinski definition) is 2. The molecule has 0 bridgehead atoms. The Hall–Kier alpha value is -1.79. The Kier molecular flexibility index (Phi) is 3.79. The van der Waals surface area contributed by atoms with Crippen molar-refractivity contribution in [2.24, 2.45) is 12.9 Å². The van der Waals surface area contributed by atoms with Crippen LogP contribution in [0.15, 0.2) is 30.9 Å². The van der Waals surface area contributed by atoms with Gasteiger partial charge in [0.1, 0.15) is 0 Å². The molecule has 1 atom stereocenters. The third-order valence-corrected chi connectivity index (χ3v) is 2.75. The SMILES string of the molecule is Cn1nccc1CCC(NN)c1cnccn1. The summed E-state index contributed by atoms with van der Waals surface area (Å²) in [7, 11) is 1.93. The molecule has 0 saturated heterocycles. The maximum absolute atomic E-state index is 5.54. The number of nitrogens with one attached hydrogen (secondary N) is 1. The lowest BCUT2D eigenvalue weighted by Crippen LogP contribution is -2.29. The van der Waals surface area contributed by atoms with E-state index >= 15 is 0 Å². The summed E-state index contributed by atoms with van der Waals surface area (Å²) in [6.07, 6.45) is 8.59. The summed E-state index contributed by atoms with van der Waals surface area (Å²) >= 11 is 0. The van der Waals surface area contributed by atoms with Gasteiger partial charge in [-0.2, -0.15) is 5.10 Å². The highest BCUT2D eigenvalue weighted by Crippen LogP contribution is 2.15. The summed E-state index contributed by atoms with van der Waals surface area (Å²) in [5.41, 5.74) is 4.80. The zero-order valence-corrected chi connectivity index (χ0v) is 9.74. The number of nitrogens with two attached hydrogens (primary N) is 1. The van der Waals surface area contributed by atoms with Crippen LogP contribution in [0.3, 0.4) is 0 Å². The Morgan fingerprint density at radius 3 is 2.88 bits per heavy atom. The lowest BCUT2D eigenvalue weighted by Gasteiger charge is -2.14. The maximum atomic E-state index is 5.54. The molecule has 17 heavy (non-hydrogen) atoms. The average Bonchev–Trinajstić information content (AvgIpc) is 2.77. The molecule has 0 amide bonds. The molecule has 0 aliphatic heterocycles. The van der Waals surface area contributed by atoms with Crippen LogP contribution < -0.4 is 11.3 Å². The number of aryl methyl sites for hydroxylation is 2. The fourth-order valence-corrected chi connectivity index (χ4v) is 1.75. The zero-order valence-electron chi connectivity index (χ0n) is 9.74. The van der Waals surface area contributed by atoms with Gasteiger partial charge in [-0.15, -0.1) is 0 Å². The van der Waals surface area contributed by atoms with Gasteiger partial charge in [0.25, 0.3) is 0 Å². The zero-order chi connectivity index (χ0) is 12.1. The van der Waals surface area contributed by atoms with Crippen molar-refractivity contribution in [1.29, 1.82) is 0 Å². The first-order valence-electron chi connectivity index (χ1n) is 5.50. The first-order valence-corrected chi connectivity index (χ1v) is 5.50. The van der Waals surface area contributed by atoms with Crippen LogP contribution in [0.25, 0.3) is 0 Å². The molecule has 0 saturated carbocycles. The Bertz CT molecular complexity index is 452. The molecule has 0 aliphatic rings. The summed E-state index contributed by atoms with van der Waals surface area (Å²) in [6, 6.07) is 2.02. The minimum Gasteiger partial charge on any atom is -0.273 e. The molecule has 1 unspecified atom stereocenters. The minimum atomic E-state index is 0.0126. The van der Waals surface area contributed by atoms with Crippen molar-refractivity contribution in [3.05, 3.63) is 42.2 Å². The summed E-state index contributed by atoms with van der Waals surface area (Å²) < 4.78 is 1.87. The molecule has 0 radical (unpaired) electrons. The van der Waals surface area contributed by atoms with Gasteiger partial charge in [0.2, 0.25) is 0 Å². The number of hydrogen-bond acceptors (Lipinski definition) is 5. The van der Waals surface area contributed by atoms with Crippen LogP contribution in [0.4, 0.5) is 0 Å². The van der Waals surface area contributed by atoms with Crippen molar-refractivity contribution in [3.8, 4) is 0 Å². The average molecular weight is 232 g/mol. The summed E-state index contributed by atoms with van der Waals surface area (Å²) in [5, 5.41) is 4.13. The predicted octanol–water partition coefficient (Wildman–Crippen LogP) is 0.347. The van der Waals surface area contributed by atoms with Crippen LogP contribution in [0.5, 0.6) is 0 Å². The number of nitrogens with zero attached hydrogens (tertiary/aromatic N) is 4. The third-order valence-electron chi connectivity index (χ3n) is 2.75. The topological polar surface area (TPSA) is 81.7 Å². The van der Waals surface area contributed by atoms with Crippen LogP contribution in [0.2, 0.25) is 0 Å². The molecular formula is C11H16N6. The van der Waals surface area contributed by atoms with Crippen LogP contribution in [0, 0.1) is 0 Å². The standard InChI is InChI=1S/C11H16N6/c1-17-9(4-5-15-17)2-3-10(16-12)11-8-13-6-7-14-11/h4-8,10,16H,2-3,12H2,1H3. The molecule has 2 rings (SSSR count). The molecule has 6 nitrogen and oxygen atoms in total. The molecule has 6 heteroatoms. The van der Waals surface area contributed by atoms with Gasteiger partial charge in [-0.05, 0) is 18.9 Å². The molecule has 2 aromatic heterocycles.